The van der Waals surface area contributed by atoms with Gasteiger partial charge in [-0.15, -0.1) is 0 Å². The molecule has 55 heavy (non-hydrogen) atoms. The molecule has 0 amide bonds. The molecule has 6 aromatic carbocycles. The zero-order valence-corrected chi connectivity index (χ0v) is 34.1. The Morgan fingerprint density at radius 2 is 0.964 bits per heavy atom. The summed E-state index contributed by atoms with van der Waals surface area (Å²) >= 11 is 0. The minimum absolute atomic E-state index is 0.154. The number of hydrogen-bond acceptors (Lipinski definition) is 3. The topological polar surface area (TPSA) is 73.7 Å². The molecule has 6 aromatic rings. The third-order valence-corrected chi connectivity index (χ3v) is 10.7. The minimum atomic E-state index is 0.154. The molecule has 0 spiro atoms. The average Bonchev–Trinajstić information content (AvgIpc) is 3.20. The lowest BCUT2D eigenvalue weighted by molar-refractivity contribution is 0.506. The van der Waals surface area contributed by atoms with Crippen LogP contribution in [0.2, 0.25) is 0 Å². The van der Waals surface area contributed by atoms with E-state index in [0.29, 0.717) is 0 Å². The van der Waals surface area contributed by atoms with E-state index < -0.39 is 0 Å². The molecule has 1 aliphatic rings. The number of aryl methyl sites for hydroxylation is 1. The quantitative estimate of drug-likeness (QED) is 0.147. The predicted molar refractivity (Wildman–Crippen MR) is 240 cm³/mol. The lowest BCUT2D eigenvalue weighted by atomic mass is 9.81. The van der Waals surface area contributed by atoms with E-state index >= 15 is 0 Å². The average molecular weight is 724 g/mol. The highest BCUT2D eigenvalue weighted by atomic mass is 14.5. The fourth-order valence-corrected chi connectivity index (χ4v) is 6.77. The normalized spacial score (nSPS) is 12.4. The molecule has 0 unspecified atom stereocenters. The van der Waals surface area contributed by atoms with Crippen LogP contribution in [0.3, 0.4) is 0 Å². The summed E-state index contributed by atoms with van der Waals surface area (Å²) in [5.74, 6) is 0. The first-order valence-corrected chi connectivity index (χ1v) is 19.5. The van der Waals surface area contributed by atoms with E-state index in [1.54, 1.807) is 6.08 Å². The highest BCUT2D eigenvalue weighted by Gasteiger charge is 2.21. The van der Waals surface area contributed by atoms with Crippen LogP contribution in [0.5, 0.6) is 0 Å². The van der Waals surface area contributed by atoms with Crippen LogP contribution in [0.25, 0.3) is 39.0 Å². The molecule has 0 fully saturated rings. The number of fused-ring (bicyclic) bond motifs is 1. The van der Waals surface area contributed by atoms with E-state index in [2.05, 4.69) is 152 Å². The Morgan fingerprint density at radius 3 is 1.51 bits per heavy atom. The van der Waals surface area contributed by atoms with Gasteiger partial charge in [-0.1, -0.05) is 183 Å². The molecule has 1 aliphatic carbocycles. The van der Waals surface area contributed by atoms with Gasteiger partial charge in [-0.3, -0.25) is 10.8 Å². The molecule has 0 aromatic heterocycles. The van der Waals surface area contributed by atoms with Crippen molar-refractivity contribution in [3.63, 3.8) is 0 Å². The fraction of sp³-hybridized carbons (Fsp3) is 0.231. The van der Waals surface area contributed by atoms with E-state index in [9.17, 15) is 0 Å². The highest BCUT2D eigenvalue weighted by molar-refractivity contribution is 6.53. The SMILES string of the molecule is CC.CC(C)(C)c1ccc(-c2ccc(C3=CC(=N)C(=N)c4ccccc43)cc2)cc1.CCC(C)(C)c1ccc(-c2ccc(-c3ccc(N)cc3)cc2C)cc1. The number of nitrogens with one attached hydrogen (secondary N) is 2. The first-order valence-electron chi connectivity index (χ1n) is 19.5. The molecular weight excluding hydrogens is 667 g/mol. The standard InChI is InChI=1S/C26H24N2.C24H27N.C2H6/c1-26(2,3)20-14-12-18(13-15-20)17-8-10-19(11-9-17)23-16-24(27)25(28)22-7-5-4-6-21(22)23;1-5-24(3,4)21-11-6-19(7-12-21)23-15-10-20(16-17(23)2)18-8-13-22(25)14-9-18;1-2/h4-16,27-28H,1-3H3;6-16H,5,25H2,1-4H3;1-2H3. The molecule has 4 N–H and O–H groups in total. The fourth-order valence-electron chi connectivity index (χ4n) is 6.77. The maximum atomic E-state index is 8.17. The van der Waals surface area contributed by atoms with Crippen molar-refractivity contribution in [2.24, 2.45) is 0 Å². The van der Waals surface area contributed by atoms with Gasteiger partial charge < -0.3 is 5.73 Å². The summed E-state index contributed by atoms with van der Waals surface area (Å²) in [5, 5.41) is 16.3. The Balaban J connectivity index is 0.000000203. The number of allylic oxidation sites excluding steroid dienone is 1. The van der Waals surface area contributed by atoms with Gasteiger partial charge in [-0.25, -0.2) is 0 Å². The van der Waals surface area contributed by atoms with Gasteiger partial charge in [-0.2, -0.15) is 0 Å². The van der Waals surface area contributed by atoms with Gasteiger partial charge in [-0.05, 0) is 109 Å². The molecule has 3 heteroatoms. The zero-order valence-electron chi connectivity index (χ0n) is 34.1. The lowest BCUT2D eigenvalue weighted by Crippen LogP contribution is -2.18. The first kappa shape index (κ1) is 40.4. The summed E-state index contributed by atoms with van der Waals surface area (Å²) in [6, 6.07) is 48.9. The summed E-state index contributed by atoms with van der Waals surface area (Å²) in [5.41, 5.74) is 22.8. The summed E-state index contributed by atoms with van der Waals surface area (Å²) in [6.07, 6.45) is 2.94. The summed E-state index contributed by atoms with van der Waals surface area (Å²) in [6.45, 7) is 19.7. The van der Waals surface area contributed by atoms with Crippen molar-refractivity contribution in [2.45, 2.75) is 79.6 Å². The maximum absolute atomic E-state index is 8.17. The largest absolute Gasteiger partial charge is 0.399 e. The van der Waals surface area contributed by atoms with Crippen molar-refractivity contribution in [2.75, 3.05) is 5.73 Å². The van der Waals surface area contributed by atoms with Crippen LogP contribution in [-0.2, 0) is 10.8 Å². The third kappa shape index (κ3) is 9.30. The van der Waals surface area contributed by atoms with E-state index in [1.165, 1.54) is 50.1 Å². The van der Waals surface area contributed by atoms with Crippen molar-refractivity contribution in [3.8, 4) is 33.4 Å². The van der Waals surface area contributed by atoms with Crippen LogP contribution in [0.4, 0.5) is 5.69 Å². The number of anilines is 1. The van der Waals surface area contributed by atoms with Crippen molar-refractivity contribution in [1.82, 2.24) is 0 Å². The Hall–Kier alpha value is -5.80. The van der Waals surface area contributed by atoms with Gasteiger partial charge in [0, 0.05) is 11.3 Å². The van der Waals surface area contributed by atoms with Gasteiger partial charge >= 0.3 is 0 Å². The van der Waals surface area contributed by atoms with Crippen LogP contribution in [0.15, 0.2) is 146 Å². The molecule has 0 radical (unpaired) electrons. The number of nitrogen functional groups attached to an aromatic ring is 1. The molecule has 3 nitrogen and oxygen atoms in total. The van der Waals surface area contributed by atoms with Crippen molar-refractivity contribution in [1.29, 1.82) is 10.8 Å². The van der Waals surface area contributed by atoms with Gasteiger partial charge in [0.15, 0.2) is 0 Å². The van der Waals surface area contributed by atoms with Crippen molar-refractivity contribution in [3.05, 3.63) is 179 Å². The second-order valence-corrected chi connectivity index (χ2v) is 15.8. The van der Waals surface area contributed by atoms with Crippen LogP contribution in [-0.4, -0.2) is 11.4 Å². The van der Waals surface area contributed by atoms with E-state index in [0.717, 1.165) is 34.4 Å². The first-order chi connectivity index (χ1) is 26.2. The molecular formula is C52H57N3. The maximum Gasteiger partial charge on any atom is 0.0867 e. The Bertz CT molecular complexity index is 2280. The minimum Gasteiger partial charge on any atom is -0.399 e. The van der Waals surface area contributed by atoms with Crippen LogP contribution in [0, 0.1) is 17.7 Å². The van der Waals surface area contributed by atoms with Crippen molar-refractivity contribution >= 4 is 22.7 Å². The second-order valence-electron chi connectivity index (χ2n) is 15.8. The Kier molecular flexibility index (Phi) is 12.6. The van der Waals surface area contributed by atoms with E-state index in [1.807, 2.05) is 50.2 Å². The van der Waals surface area contributed by atoms with E-state index in [4.69, 9.17) is 16.6 Å². The summed E-state index contributed by atoms with van der Waals surface area (Å²) < 4.78 is 0. The Morgan fingerprint density at radius 1 is 0.509 bits per heavy atom. The molecule has 0 saturated carbocycles. The number of benzene rings is 6. The second kappa shape index (κ2) is 17.1. The highest BCUT2D eigenvalue weighted by Crippen LogP contribution is 2.34. The predicted octanol–water partition coefficient (Wildman–Crippen LogP) is 14.1. The third-order valence-electron chi connectivity index (χ3n) is 10.7. The molecule has 0 atom stereocenters. The molecule has 280 valence electrons. The number of hydrogen-bond donors (Lipinski definition) is 3. The van der Waals surface area contributed by atoms with Gasteiger partial charge in [0.1, 0.15) is 0 Å². The lowest BCUT2D eigenvalue weighted by Gasteiger charge is -2.23. The Labute approximate surface area is 330 Å². The van der Waals surface area contributed by atoms with Crippen LogP contribution in [0.1, 0.15) is 95.2 Å². The van der Waals surface area contributed by atoms with Gasteiger partial charge in [0.2, 0.25) is 0 Å². The number of nitrogens with two attached hydrogens (primary N) is 1. The summed E-state index contributed by atoms with van der Waals surface area (Å²) in [7, 11) is 0. The molecule has 0 heterocycles. The molecule has 0 saturated heterocycles. The van der Waals surface area contributed by atoms with Crippen LogP contribution >= 0.6 is 0 Å². The van der Waals surface area contributed by atoms with Crippen LogP contribution < -0.4 is 5.73 Å². The van der Waals surface area contributed by atoms with E-state index in [-0.39, 0.29) is 22.3 Å². The molecule has 7 rings (SSSR count). The monoisotopic (exact) mass is 723 g/mol. The molecule has 0 aliphatic heterocycles. The zero-order chi connectivity index (χ0) is 39.9. The summed E-state index contributed by atoms with van der Waals surface area (Å²) in [4.78, 5) is 0. The van der Waals surface area contributed by atoms with Gasteiger partial charge in [0.05, 0.1) is 11.4 Å². The number of rotatable bonds is 6. The van der Waals surface area contributed by atoms with Gasteiger partial charge in [0.25, 0.3) is 0 Å². The molecule has 0 bridgehead atoms. The smallest absolute Gasteiger partial charge is 0.0867 e. The van der Waals surface area contributed by atoms with Crippen molar-refractivity contribution < 1.29 is 0 Å².